The highest BCUT2D eigenvalue weighted by Gasteiger charge is 2.16. The zero-order valence-corrected chi connectivity index (χ0v) is 9.43. The average Bonchev–Trinajstić information content (AvgIpc) is 2.73. The van der Waals surface area contributed by atoms with Gasteiger partial charge in [0, 0.05) is 5.02 Å². The van der Waals surface area contributed by atoms with E-state index in [1.807, 2.05) is 18.2 Å². The van der Waals surface area contributed by atoms with Crippen molar-refractivity contribution in [2.24, 2.45) is 5.92 Å². The summed E-state index contributed by atoms with van der Waals surface area (Å²) in [4.78, 5) is 0. The number of nitrogens with one attached hydrogen (secondary N) is 1. The second-order valence-electron chi connectivity index (χ2n) is 4.13. The first-order chi connectivity index (χ1) is 7.29. The Kier molecular flexibility index (Phi) is 3.62. The summed E-state index contributed by atoms with van der Waals surface area (Å²) in [5.41, 5.74) is 2.20. The van der Waals surface area contributed by atoms with Gasteiger partial charge < -0.3 is 10.4 Å². The zero-order chi connectivity index (χ0) is 10.7. The van der Waals surface area contributed by atoms with Crippen LogP contribution < -0.4 is 5.32 Å². The van der Waals surface area contributed by atoms with Gasteiger partial charge in [0.25, 0.3) is 0 Å². The van der Waals surface area contributed by atoms with Gasteiger partial charge in [0.05, 0.1) is 6.61 Å². The molecule has 15 heavy (non-hydrogen) atoms. The van der Waals surface area contributed by atoms with Crippen LogP contribution in [0.25, 0.3) is 0 Å². The fraction of sp³-hybridized carbons (Fsp3) is 0.500. The van der Waals surface area contributed by atoms with E-state index in [0.29, 0.717) is 10.9 Å². The molecule has 1 unspecified atom stereocenters. The molecule has 1 aromatic carbocycles. The predicted molar refractivity (Wildman–Crippen MR) is 62.1 cm³/mol. The largest absolute Gasteiger partial charge is 0.392 e. The Morgan fingerprint density at radius 1 is 1.40 bits per heavy atom. The molecule has 2 N–H and O–H groups in total. The highest BCUT2D eigenvalue weighted by molar-refractivity contribution is 6.30. The van der Waals surface area contributed by atoms with Crippen LogP contribution >= 0.6 is 11.6 Å². The molecule has 0 spiro atoms. The zero-order valence-electron chi connectivity index (χ0n) is 8.67. The van der Waals surface area contributed by atoms with E-state index in [2.05, 4.69) is 5.32 Å². The van der Waals surface area contributed by atoms with Gasteiger partial charge in [-0.3, -0.25) is 0 Å². The van der Waals surface area contributed by atoms with E-state index in [1.54, 1.807) is 0 Å². The molecule has 2 nitrogen and oxygen atoms in total. The normalized spacial score (nSPS) is 20.8. The molecule has 3 heteroatoms. The lowest BCUT2D eigenvalue weighted by Gasteiger charge is -2.12. The van der Waals surface area contributed by atoms with Crippen molar-refractivity contribution in [1.82, 2.24) is 5.32 Å². The van der Waals surface area contributed by atoms with Crippen LogP contribution in [0.5, 0.6) is 0 Å². The first-order valence-corrected chi connectivity index (χ1v) is 5.76. The Labute approximate surface area is 95.3 Å². The maximum absolute atomic E-state index is 9.24. The average molecular weight is 226 g/mol. The predicted octanol–water partition coefficient (Wildman–Crippen LogP) is 1.98. The molecular weight excluding hydrogens is 210 g/mol. The topological polar surface area (TPSA) is 32.3 Å². The van der Waals surface area contributed by atoms with Gasteiger partial charge in [0.15, 0.2) is 0 Å². The molecule has 1 heterocycles. The number of benzene rings is 1. The van der Waals surface area contributed by atoms with Crippen molar-refractivity contribution in [3.05, 3.63) is 34.3 Å². The molecule has 0 amide bonds. The van der Waals surface area contributed by atoms with Crippen molar-refractivity contribution >= 4 is 11.6 Å². The van der Waals surface area contributed by atoms with Crippen LogP contribution in [-0.2, 0) is 13.0 Å². The third-order valence-corrected chi connectivity index (χ3v) is 3.24. The monoisotopic (exact) mass is 225 g/mol. The molecule has 2 rings (SSSR count). The number of hydrogen-bond donors (Lipinski definition) is 2. The minimum Gasteiger partial charge on any atom is -0.392 e. The van der Waals surface area contributed by atoms with Crippen molar-refractivity contribution in [2.45, 2.75) is 19.4 Å². The molecule has 1 atom stereocenters. The van der Waals surface area contributed by atoms with Crippen molar-refractivity contribution in [3.8, 4) is 0 Å². The highest BCUT2D eigenvalue weighted by atomic mass is 35.5. The molecule has 1 saturated heterocycles. The minimum absolute atomic E-state index is 0.0794. The Bertz CT molecular complexity index is 334. The van der Waals surface area contributed by atoms with E-state index < -0.39 is 0 Å². The van der Waals surface area contributed by atoms with Crippen molar-refractivity contribution in [1.29, 1.82) is 0 Å². The maximum Gasteiger partial charge on any atom is 0.0685 e. The first kappa shape index (κ1) is 10.9. The minimum atomic E-state index is 0.0794. The summed E-state index contributed by atoms with van der Waals surface area (Å²) in [6.07, 6.45) is 2.27. The number of hydrogen-bond acceptors (Lipinski definition) is 2. The second kappa shape index (κ2) is 4.97. The van der Waals surface area contributed by atoms with Crippen LogP contribution in [-0.4, -0.2) is 18.2 Å². The molecule has 1 fully saturated rings. The second-order valence-corrected chi connectivity index (χ2v) is 4.57. The van der Waals surface area contributed by atoms with Gasteiger partial charge >= 0.3 is 0 Å². The summed E-state index contributed by atoms with van der Waals surface area (Å²) < 4.78 is 0. The summed E-state index contributed by atoms with van der Waals surface area (Å²) in [5.74, 6) is 0.705. The van der Waals surface area contributed by atoms with Gasteiger partial charge in [-0.05, 0) is 55.1 Å². The lowest BCUT2D eigenvalue weighted by atomic mass is 9.95. The lowest BCUT2D eigenvalue weighted by molar-refractivity contribution is 0.280. The standard InChI is InChI=1S/C12H16ClNO/c13-12-2-1-10(11(6-12)8-15)5-9-3-4-14-7-9/h1-2,6,9,14-15H,3-5,7-8H2. The quantitative estimate of drug-likeness (QED) is 0.825. The van der Waals surface area contributed by atoms with E-state index in [9.17, 15) is 5.11 Å². The Morgan fingerprint density at radius 3 is 2.93 bits per heavy atom. The van der Waals surface area contributed by atoms with Crippen LogP contribution in [0.3, 0.4) is 0 Å². The third-order valence-electron chi connectivity index (χ3n) is 3.01. The van der Waals surface area contributed by atoms with Crippen LogP contribution in [0, 0.1) is 5.92 Å². The van der Waals surface area contributed by atoms with Crippen LogP contribution in [0.4, 0.5) is 0 Å². The Morgan fingerprint density at radius 2 is 2.27 bits per heavy atom. The molecule has 0 radical (unpaired) electrons. The fourth-order valence-corrected chi connectivity index (χ4v) is 2.34. The third kappa shape index (κ3) is 2.71. The van der Waals surface area contributed by atoms with Gasteiger partial charge in [-0.15, -0.1) is 0 Å². The summed E-state index contributed by atoms with van der Waals surface area (Å²) in [7, 11) is 0. The van der Waals surface area contributed by atoms with Crippen LogP contribution in [0.1, 0.15) is 17.5 Å². The molecule has 1 aromatic rings. The molecule has 0 saturated carbocycles. The molecule has 1 aliphatic heterocycles. The Balaban J connectivity index is 2.12. The van der Waals surface area contributed by atoms with E-state index >= 15 is 0 Å². The molecule has 0 aliphatic carbocycles. The van der Waals surface area contributed by atoms with E-state index in [-0.39, 0.29) is 6.61 Å². The Hall–Kier alpha value is -0.570. The summed E-state index contributed by atoms with van der Waals surface area (Å²) in [5, 5.41) is 13.3. The number of aliphatic hydroxyl groups excluding tert-OH is 1. The van der Waals surface area contributed by atoms with E-state index in [1.165, 1.54) is 12.0 Å². The van der Waals surface area contributed by atoms with Gasteiger partial charge in [-0.25, -0.2) is 0 Å². The maximum atomic E-state index is 9.24. The van der Waals surface area contributed by atoms with Crippen LogP contribution in [0.2, 0.25) is 5.02 Å². The first-order valence-electron chi connectivity index (χ1n) is 5.38. The molecule has 1 aliphatic rings. The molecular formula is C12H16ClNO. The van der Waals surface area contributed by atoms with Gasteiger partial charge in [-0.1, -0.05) is 17.7 Å². The summed E-state index contributed by atoms with van der Waals surface area (Å²) in [6, 6.07) is 5.80. The molecule has 0 bridgehead atoms. The highest BCUT2D eigenvalue weighted by Crippen LogP contribution is 2.21. The lowest BCUT2D eigenvalue weighted by Crippen LogP contribution is -2.11. The number of rotatable bonds is 3. The van der Waals surface area contributed by atoms with E-state index in [4.69, 9.17) is 11.6 Å². The van der Waals surface area contributed by atoms with Gasteiger partial charge in [-0.2, -0.15) is 0 Å². The number of halogens is 1. The summed E-state index contributed by atoms with van der Waals surface area (Å²) >= 11 is 5.89. The molecule has 82 valence electrons. The molecule has 0 aromatic heterocycles. The van der Waals surface area contributed by atoms with Gasteiger partial charge in [0.2, 0.25) is 0 Å². The SMILES string of the molecule is OCc1cc(Cl)ccc1CC1CCNC1. The van der Waals surface area contributed by atoms with Crippen molar-refractivity contribution < 1.29 is 5.11 Å². The number of aliphatic hydroxyl groups is 1. The van der Waals surface area contributed by atoms with Gasteiger partial charge in [0.1, 0.15) is 0 Å². The van der Waals surface area contributed by atoms with Crippen LogP contribution in [0.15, 0.2) is 18.2 Å². The van der Waals surface area contributed by atoms with E-state index in [0.717, 1.165) is 25.1 Å². The fourth-order valence-electron chi connectivity index (χ4n) is 2.14. The smallest absolute Gasteiger partial charge is 0.0685 e. The van der Waals surface area contributed by atoms with Crippen molar-refractivity contribution in [3.63, 3.8) is 0 Å². The summed E-state index contributed by atoms with van der Waals surface area (Å²) in [6.45, 7) is 2.29. The van der Waals surface area contributed by atoms with Crippen molar-refractivity contribution in [2.75, 3.05) is 13.1 Å².